The van der Waals surface area contributed by atoms with Gasteiger partial charge in [0.15, 0.2) is 0 Å². The summed E-state index contributed by atoms with van der Waals surface area (Å²) in [6.07, 6.45) is 3.64. The van der Waals surface area contributed by atoms with E-state index >= 15 is 0 Å². The van der Waals surface area contributed by atoms with Crippen molar-refractivity contribution in [3.8, 4) is 11.8 Å². The fraction of sp³-hybridized carbons (Fsp3) is 0.364. The largest absolute Gasteiger partial charge is 0.480 e. The molecule has 0 amide bonds. The maximum Gasteiger partial charge on any atom is 0.241 e. The number of aliphatic hydroxyl groups is 1. The molecule has 2 aromatic rings. The van der Waals surface area contributed by atoms with E-state index in [-0.39, 0.29) is 5.88 Å². The molecule has 18 heavy (non-hydrogen) atoms. The van der Waals surface area contributed by atoms with Crippen LogP contribution in [0.4, 0.5) is 0 Å². The molecule has 0 saturated carbocycles. The number of hydrogen-bond acceptors (Lipinski definition) is 6. The van der Waals surface area contributed by atoms with Gasteiger partial charge < -0.3 is 19.1 Å². The second-order valence-electron chi connectivity index (χ2n) is 3.64. The zero-order valence-electron chi connectivity index (χ0n) is 10.4. The zero-order valence-corrected chi connectivity index (χ0v) is 10.4. The van der Waals surface area contributed by atoms with Crippen molar-refractivity contribution in [2.24, 2.45) is 7.05 Å². The van der Waals surface area contributed by atoms with Crippen LogP contribution >= 0.6 is 0 Å². The normalized spacial score (nSPS) is 12.2. The SMILES string of the molecule is COc1cnc(C(O)c2cncn2C)c(OC)n1. The lowest BCUT2D eigenvalue weighted by atomic mass is 10.2. The average Bonchev–Trinajstić information content (AvgIpc) is 2.83. The first kappa shape index (κ1) is 12.3. The van der Waals surface area contributed by atoms with Gasteiger partial charge in [0.05, 0.1) is 38.6 Å². The number of aliphatic hydroxyl groups excluding tert-OH is 1. The fourth-order valence-electron chi connectivity index (χ4n) is 1.57. The number of rotatable bonds is 4. The highest BCUT2D eigenvalue weighted by Crippen LogP contribution is 2.27. The summed E-state index contributed by atoms with van der Waals surface area (Å²) in [6.45, 7) is 0. The molecule has 0 aromatic carbocycles. The Kier molecular flexibility index (Phi) is 3.42. The summed E-state index contributed by atoms with van der Waals surface area (Å²) in [5.41, 5.74) is 0.926. The standard InChI is InChI=1S/C11H14N4O3/c1-15-6-12-4-7(15)10(16)9-11(18-3)14-8(17-2)5-13-9/h4-6,10,16H,1-3H3. The Morgan fingerprint density at radius 2 is 2.06 bits per heavy atom. The van der Waals surface area contributed by atoms with Crippen LogP contribution in [0.5, 0.6) is 11.8 Å². The topological polar surface area (TPSA) is 82.3 Å². The van der Waals surface area contributed by atoms with Gasteiger partial charge in [0.25, 0.3) is 0 Å². The van der Waals surface area contributed by atoms with E-state index in [1.165, 1.54) is 20.4 Å². The van der Waals surface area contributed by atoms with E-state index in [1.54, 1.807) is 24.1 Å². The van der Waals surface area contributed by atoms with E-state index in [4.69, 9.17) is 9.47 Å². The number of hydrogen-bond donors (Lipinski definition) is 1. The van der Waals surface area contributed by atoms with Gasteiger partial charge in [-0.3, -0.25) is 0 Å². The summed E-state index contributed by atoms with van der Waals surface area (Å²) < 4.78 is 11.8. The molecule has 2 rings (SSSR count). The van der Waals surface area contributed by atoms with E-state index in [0.717, 1.165) is 0 Å². The number of aryl methyl sites for hydroxylation is 1. The number of methoxy groups -OCH3 is 2. The first-order valence-electron chi connectivity index (χ1n) is 5.26. The molecule has 7 heteroatoms. The first-order chi connectivity index (χ1) is 8.67. The van der Waals surface area contributed by atoms with Crippen molar-refractivity contribution in [2.45, 2.75) is 6.10 Å². The van der Waals surface area contributed by atoms with Crippen LogP contribution in [0.25, 0.3) is 0 Å². The molecule has 1 N–H and O–H groups in total. The second kappa shape index (κ2) is 5.01. The second-order valence-corrected chi connectivity index (χ2v) is 3.64. The van der Waals surface area contributed by atoms with Crippen LogP contribution in [-0.2, 0) is 7.05 Å². The van der Waals surface area contributed by atoms with E-state index < -0.39 is 6.10 Å². The van der Waals surface area contributed by atoms with Gasteiger partial charge in [-0.05, 0) is 0 Å². The van der Waals surface area contributed by atoms with Crippen molar-refractivity contribution in [2.75, 3.05) is 14.2 Å². The Bertz CT molecular complexity index is 541. The summed E-state index contributed by atoms with van der Waals surface area (Å²) >= 11 is 0. The minimum Gasteiger partial charge on any atom is -0.480 e. The van der Waals surface area contributed by atoms with Crippen molar-refractivity contribution < 1.29 is 14.6 Å². The van der Waals surface area contributed by atoms with Crippen molar-refractivity contribution in [1.29, 1.82) is 0 Å². The molecule has 0 saturated heterocycles. The molecule has 1 atom stereocenters. The molecule has 0 spiro atoms. The van der Waals surface area contributed by atoms with Crippen LogP contribution in [0.1, 0.15) is 17.5 Å². The van der Waals surface area contributed by atoms with Gasteiger partial charge in [-0.15, -0.1) is 0 Å². The molecule has 96 valence electrons. The van der Waals surface area contributed by atoms with E-state index in [9.17, 15) is 5.11 Å². The van der Waals surface area contributed by atoms with Gasteiger partial charge in [0, 0.05) is 7.05 Å². The quantitative estimate of drug-likeness (QED) is 0.841. The lowest BCUT2D eigenvalue weighted by Crippen LogP contribution is -2.10. The molecule has 1 unspecified atom stereocenters. The number of aromatic nitrogens is 4. The Morgan fingerprint density at radius 1 is 1.28 bits per heavy atom. The monoisotopic (exact) mass is 250 g/mol. The number of imidazole rings is 1. The Morgan fingerprint density at radius 3 is 2.61 bits per heavy atom. The predicted octanol–water partition coefficient (Wildman–Crippen LogP) is 0.309. The highest BCUT2D eigenvalue weighted by Gasteiger charge is 2.21. The number of nitrogens with zero attached hydrogens (tertiary/aromatic N) is 4. The smallest absolute Gasteiger partial charge is 0.241 e. The molecule has 7 nitrogen and oxygen atoms in total. The highest BCUT2D eigenvalue weighted by molar-refractivity contribution is 5.29. The van der Waals surface area contributed by atoms with E-state index in [1.807, 2.05) is 0 Å². The van der Waals surface area contributed by atoms with Crippen LogP contribution in [0.3, 0.4) is 0 Å². The van der Waals surface area contributed by atoms with E-state index in [2.05, 4.69) is 15.0 Å². The molecule has 2 aromatic heterocycles. The summed E-state index contributed by atoms with van der Waals surface area (Å²) in [5, 5.41) is 10.3. The molecular formula is C11H14N4O3. The van der Waals surface area contributed by atoms with Crippen LogP contribution in [0.2, 0.25) is 0 Å². The maximum absolute atomic E-state index is 10.3. The van der Waals surface area contributed by atoms with Gasteiger partial charge in [-0.25, -0.2) is 9.97 Å². The average molecular weight is 250 g/mol. The molecule has 0 aliphatic carbocycles. The van der Waals surface area contributed by atoms with Crippen LogP contribution in [0.15, 0.2) is 18.7 Å². The third-order valence-corrected chi connectivity index (χ3v) is 2.54. The van der Waals surface area contributed by atoms with Crippen molar-refractivity contribution in [3.05, 3.63) is 30.1 Å². The minimum absolute atomic E-state index is 0.225. The predicted molar refractivity (Wildman–Crippen MR) is 62.4 cm³/mol. The van der Waals surface area contributed by atoms with Crippen LogP contribution in [0, 0.1) is 0 Å². The number of ether oxygens (including phenoxy) is 2. The molecular weight excluding hydrogens is 236 g/mol. The molecule has 0 radical (unpaired) electrons. The lowest BCUT2D eigenvalue weighted by molar-refractivity contribution is 0.198. The molecule has 0 fully saturated rings. The minimum atomic E-state index is -0.953. The lowest BCUT2D eigenvalue weighted by Gasteiger charge is -2.13. The van der Waals surface area contributed by atoms with Crippen molar-refractivity contribution in [1.82, 2.24) is 19.5 Å². The molecule has 0 bridgehead atoms. The highest BCUT2D eigenvalue weighted by atomic mass is 16.5. The first-order valence-corrected chi connectivity index (χ1v) is 5.26. The Labute approximate surface area is 104 Å². The van der Waals surface area contributed by atoms with Gasteiger partial charge in [-0.2, -0.15) is 4.98 Å². The summed E-state index contributed by atoms with van der Waals surface area (Å²) in [4.78, 5) is 12.1. The van der Waals surface area contributed by atoms with Gasteiger partial charge in [-0.1, -0.05) is 0 Å². The summed E-state index contributed by atoms with van der Waals surface area (Å²) in [5.74, 6) is 0.552. The Hall–Kier alpha value is -2.15. The van der Waals surface area contributed by atoms with Crippen LogP contribution < -0.4 is 9.47 Å². The fourth-order valence-corrected chi connectivity index (χ4v) is 1.57. The third-order valence-electron chi connectivity index (χ3n) is 2.54. The molecule has 0 aliphatic rings. The summed E-state index contributed by atoms with van der Waals surface area (Å²) in [7, 11) is 4.73. The van der Waals surface area contributed by atoms with Gasteiger partial charge in [0.2, 0.25) is 11.8 Å². The van der Waals surface area contributed by atoms with E-state index in [0.29, 0.717) is 17.3 Å². The van der Waals surface area contributed by atoms with Crippen molar-refractivity contribution >= 4 is 0 Å². The Balaban J connectivity index is 2.41. The third kappa shape index (κ3) is 2.12. The molecule has 2 heterocycles. The van der Waals surface area contributed by atoms with Crippen molar-refractivity contribution in [3.63, 3.8) is 0 Å². The molecule has 0 aliphatic heterocycles. The van der Waals surface area contributed by atoms with Gasteiger partial charge >= 0.3 is 0 Å². The maximum atomic E-state index is 10.3. The van der Waals surface area contributed by atoms with Crippen LogP contribution in [-0.4, -0.2) is 38.8 Å². The van der Waals surface area contributed by atoms with Gasteiger partial charge in [0.1, 0.15) is 11.8 Å². The zero-order chi connectivity index (χ0) is 13.1. The summed E-state index contributed by atoms with van der Waals surface area (Å²) in [6, 6.07) is 0.